The van der Waals surface area contributed by atoms with Crippen LogP contribution >= 0.6 is 12.6 Å². The van der Waals surface area contributed by atoms with Crippen molar-refractivity contribution in [2.75, 3.05) is 16.7 Å². The number of hydrazine groups is 1. The zero-order chi connectivity index (χ0) is 13.2. The highest BCUT2D eigenvalue weighted by Gasteiger charge is 2.24. The molecule has 0 unspecified atom stereocenters. The van der Waals surface area contributed by atoms with E-state index in [2.05, 4.69) is 66.0 Å². The number of thiol groups is 1. The van der Waals surface area contributed by atoms with Crippen molar-refractivity contribution in [1.82, 2.24) is 0 Å². The molecule has 0 bridgehead atoms. The lowest BCUT2D eigenvalue weighted by molar-refractivity contribution is 0.903. The topological polar surface area (TPSA) is 18.8 Å². The number of nitrogens with zero attached hydrogens (tertiary/aromatic N) is 3. The van der Waals surface area contributed by atoms with Gasteiger partial charge in [0.2, 0.25) is 0 Å². The summed E-state index contributed by atoms with van der Waals surface area (Å²) in [6.45, 7) is 2.68. The molecule has 2 aromatic carbocycles. The van der Waals surface area contributed by atoms with Gasteiger partial charge in [0.15, 0.2) is 5.17 Å². The van der Waals surface area contributed by atoms with Gasteiger partial charge in [0.25, 0.3) is 0 Å². The number of anilines is 2. The first-order valence-corrected chi connectivity index (χ1v) is 6.63. The third kappa shape index (κ3) is 2.31. The molecule has 19 heavy (non-hydrogen) atoms. The summed E-state index contributed by atoms with van der Waals surface area (Å²) in [5, 5.41) is 4.84. The molecule has 0 aliphatic carbocycles. The number of hydrogen-bond acceptors (Lipinski definition) is 3. The summed E-state index contributed by atoms with van der Waals surface area (Å²) in [5.74, 6) is 0. The van der Waals surface area contributed by atoms with Gasteiger partial charge in [0.1, 0.15) is 6.67 Å². The fraction of sp³-hybridized carbons (Fsp3) is 0.133. The maximum atomic E-state index is 4.46. The molecule has 0 spiro atoms. The van der Waals surface area contributed by atoms with E-state index in [0.29, 0.717) is 11.8 Å². The lowest BCUT2D eigenvalue weighted by atomic mass is 10.2. The van der Waals surface area contributed by atoms with E-state index in [1.165, 1.54) is 5.56 Å². The average Bonchev–Trinajstić information content (AvgIpc) is 2.82. The van der Waals surface area contributed by atoms with Crippen LogP contribution in [0, 0.1) is 6.92 Å². The molecular weight excluding hydrogens is 254 g/mol. The Morgan fingerprint density at radius 3 is 2.32 bits per heavy atom. The molecule has 1 aliphatic rings. The Labute approximate surface area is 118 Å². The predicted octanol–water partition coefficient (Wildman–Crippen LogP) is 3.48. The van der Waals surface area contributed by atoms with Crippen LogP contribution in [0.15, 0.2) is 59.6 Å². The number of benzene rings is 2. The number of aryl methyl sites for hydroxylation is 1. The van der Waals surface area contributed by atoms with Crippen molar-refractivity contribution in [3.63, 3.8) is 0 Å². The number of hydrogen-bond donors (Lipinski definition) is 1. The Balaban J connectivity index is 1.96. The number of para-hydroxylation sites is 1. The molecule has 0 amide bonds. The van der Waals surface area contributed by atoms with E-state index in [-0.39, 0.29) is 0 Å². The molecule has 4 heteroatoms. The summed E-state index contributed by atoms with van der Waals surface area (Å²) in [6.07, 6.45) is 0. The van der Waals surface area contributed by atoms with Crippen LogP contribution in [-0.4, -0.2) is 11.8 Å². The number of amidine groups is 1. The Kier molecular flexibility index (Phi) is 3.17. The van der Waals surface area contributed by atoms with Crippen molar-refractivity contribution in [2.24, 2.45) is 4.99 Å². The maximum Gasteiger partial charge on any atom is 0.181 e. The third-order valence-corrected chi connectivity index (χ3v) is 3.44. The molecule has 3 nitrogen and oxygen atoms in total. The molecule has 0 atom stereocenters. The van der Waals surface area contributed by atoms with E-state index >= 15 is 0 Å². The molecule has 0 aromatic heterocycles. The van der Waals surface area contributed by atoms with Gasteiger partial charge in [-0.3, -0.25) is 5.01 Å². The van der Waals surface area contributed by atoms with Gasteiger partial charge in [0, 0.05) is 0 Å². The van der Waals surface area contributed by atoms with E-state index in [1.54, 1.807) is 0 Å². The molecule has 2 aromatic rings. The summed E-state index contributed by atoms with van der Waals surface area (Å²) in [4.78, 5) is 4.41. The van der Waals surface area contributed by atoms with Crippen molar-refractivity contribution in [2.45, 2.75) is 6.92 Å². The summed E-state index contributed by atoms with van der Waals surface area (Å²) in [7, 11) is 0. The van der Waals surface area contributed by atoms with Crippen LogP contribution < -0.4 is 10.0 Å². The largest absolute Gasteiger partial charge is 0.257 e. The SMILES string of the molecule is Cc1ccc(N2CN=C(S)N2c2ccccc2)cc1. The third-order valence-electron chi connectivity index (χ3n) is 3.11. The highest BCUT2D eigenvalue weighted by molar-refractivity contribution is 7.97. The van der Waals surface area contributed by atoms with E-state index in [9.17, 15) is 0 Å². The summed E-state index contributed by atoms with van der Waals surface area (Å²) in [6, 6.07) is 18.6. The van der Waals surface area contributed by atoms with Crippen molar-refractivity contribution in [1.29, 1.82) is 0 Å². The average molecular weight is 269 g/mol. The minimum Gasteiger partial charge on any atom is -0.257 e. The number of aliphatic imine (C=N–C) groups is 1. The van der Waals surface area contributed by atoms with Crippen LogP contribution in [0.4, 0.5) is 11.4 Å². The number of rotatable bonds is 2. The van der Waals surface area contributed by atoms with Crippen LogP contribution in [0.25, 0.3) is 0 Å². The second-order valence-corrected chi connectivity index (χ2v) is 4.88. The van der Waals surface area contributed by atoms with Gasteiger partial charge in [-0.05, 0) is 31.2 Å². The zero-order valence-corrected chi connectivity index (χ0v) is 11.6. The molecule has 0 fully saturated rings. The predicted molar refractivity (Wildman–Crippen MR) is 83.9 cm³/mol. The second-order valence-electron chi connectivity index (χ2n) is 4.48. The Morgan fingerprint density at radius 1 is 0.947 bits per heavy atom. The minimum absolute atomic E-state index is 0.594. The quantitative estimate of drug-likeness (QED) is 0.842. The second kappa shape index (κ2) is 4.97. The van der Waals surface area contributed by atoms with Crippen molar-refractivity contribution >= 4 is 29.2 Å². The molecular formula is C15H15N3S. The highest BCUT2D eigenvalue weighted by Crippen LogP contribution is 2.27. The Morgan fingerprint density at radius 2 is 1.63 bits per heavy atom. The van der Waals surface area contributed by atoms with Crippen molar-refractivity contribution in [3.8, 4) is 0 Å². The van der Waals surface area contributed by atoms with Gasteiger partial charge >= 0.3 is 0 Å². The van der Waals surface area contributed by atoms with Gasteiger partial charge in [-0.1, -0.05) is 35.9 Å². The van der Waals surface area contributed by atoms with Gasteiger partial charge in [0.05, 0.1) is 11.4 Å². The Bertz CT molecular complexity index is 593. The first-order chi connectivity index (χ1) is 9.25. The standard InChI is InChI=1S/C15H15N3S/c1-12-7-9-13(10-8-12)17-11-16-15(19)18(17)14-5-3-2-4-6-14/h2-10H,11H2,1H3,(H,16,19). The molecule has 1 aliphatic heterocycles. The molecule has 1 heterocycles. The van der Waals surface area contributed by atoms with Gasteiger partial charge < -0.3 is 0 Å². The smallest absolute Gasteiger partial charge is 0.181 e. The monoisotopic (exact) mass is 269 g/mol. The van der Waals surface area contributed by atoms with E-state index in [4.69, 9.17) is 0 Å². The lowest BCUT2D eigenvalue weighted by Crippen LogP contribution is -2.40. The Hall–Kier alpha value is -1.94. The summed E-state index contributed by atoms with van der Waals surface area (Å²) < 4.78 is 0. The lowest BCUT2D eigenvalue weighted by Gasteiger charge is -2.30. The summed E-state index contributed by atoms with van der Waals surface area (Å²) in [5.41, 5.74) is 3.43. The minimum atomic E-state index is 0.594. The van der Waals surface area contributed by atoms with E-state index in [1.807, 2.05) is 23.2 Å². The van der Waals surface area contributed by atoms with Crippen LogP contribution in [0.1, 0.15) is 5.56 Å². The van der Waals surface area contributed by atoms with Crippen molar-refractivity contribution < 1.29 is 0 Å². The highest BCUT2D eigenvalue weighted by atomic mass is 32.1. The zero-order valence-electron chi connectivity index (χ0n) is 10.7. The molecule has 0 saturated carbocycles. The molecule has 0 N–H and O–H groups in total. The molecule has 96 valence electrons. The van der Waals surface area contributed by atoms with Gasteiger partial charge in [-0.25, -0.2) is 10.0 Å². The van der Waals surface area contributed by atoms with Gasteiger partial charge in [-0.2, -0.15) is 0 Å². The fourth-order valence-electron chi connectivity index (χ4n) is 2.11. The van der Waals surface area contributed by atoms with Gasteiger partial charge in [-0.15, -0.1) is 12.6 Å². The van der Waals surface area contributed by atoms with Crippen LogP contribution in [0.3, 0.4) is 0 Å². The van der Waals surface area contributed by atoms with Crippen LogP contribution in [0.5, 0.6) is 0 Å². The fourth-order valence-corrected chi connectivity index (χ4v) is 2.39. The molecule has 0 saturated heterocycles. The molecule has 0 radical (unpaired) electrons. The molecule has 3 rings (SSSR count). The maximum absolute atomic E-state index is 4.46. The van der Waals surface area contributed by atoms with E-state index in [0.717, 1.165) is 11.4 Å². The summed E-state index contributed by atoms with van der Waals surface area (Å²) >= 11 is 4.46. The van der Waals surface area contributed by atoms with Crippen LogP contribution in [0.2, 0.25) is 0 Å². The van der Waals surface area contributed by atoms with Crippen molar-refractivity contribution in [3.05, 3.63) is 60.2 Å². The first-order valence-electron chi connectivity index (χ1n) is 6.18. The van der Waals surface area contributed by atoms with Crippen LogP contribution in [-0.2, 0) is 0 Å². The first kappa shape index (κ1) is 12.1. The normalized spacial score (nSPS) is 14.7. The van der Waals surface area contributed by atoms with E-state index < -0.39 is 0 Å².